The lowest BCUT2D eigenvalue weighted by Crippen LogP contribution is -2.51. The van der Waals surface area contributed by atoms with E-state index in [9.17, 15) is 20.2 Å². The molecule has 3 heterocycles. The van der Waals surface area contributed by atoms with Crippen LogP contribution in [0.4, 0.5) is 10.6 Å². The number of esters is 1. The Bertz CT molecular complexity index is 2130. The number of nitrogens with zero attached hydrogens (tertiary/aromatic N) is 6. The van der Waals surface area contributed by atoms with Crippen LogP contribution in [0, 0.1) is 5.92 Å². The number of aromatic amines is 1. The number of ether oxygens (including phenoxy) is 3. The quantitative estimate of drug-likeness (QED) is 0.0368. The first-order valence-corrected chi connectivity index (χ1v) is 19.4. The summed E-state index contributed by atoms with van der Waals surface area (Å²) in [5.74, 6) is -1.06. The fraction of sp³-hybridized carbons (Fsp3) is 0.409. The highest BCUT2D eigenvalue weighted by Gasteiger charge is 2.56. The number of rotatable bonds is 12. The Labute approximate surface area is 338 Å². The molecule has 1 aliphatic heterocycles. The third-order valence-corrected chi connectivity index (χ3v) is 10.3. The SMILES string of the molecule is CC(C)[C@H](NC(=O)OC(C)(C)C)C(=O)O[C@@H]1[C@H](O)[C@@H](COC(c2ccccc2)(c2ccccc2)c2ccccc2)N(C(C)(C)C)[C@H]1c1c[nH]c2c(N=[N+]=[N-])ncnc12. The molecule has 1 aliphatic rings. The lowest BCUT2D eigenvalue weighted by Gasteiger charge is -2.43. The average molecular weight is 789 g/mol. The van der Waals surface area contributed by atoms with Crippen LogP contribution in [0.3, 0.4) is 0 Å². The summed E-state index contributed by atoms with van der Waals surface area (Å²) >= 11 is 0. The van der Waals surface area contributed by atoms with Gasteiger partial charge in [-0.3, -0.25) is 4.90 Å². The summed E-state index contributed by atoms with van der Waals surface area (Å²) in [4.78, 5) is 44.2. The molecular weight excluding hydrogens is 737 g/mol. The Morgan fingerprint density at radius 1 is 0.914 bits per heavy atom. The third-order valence-electron chi connectivity index (χ3n) is 10.3. The van der Waals surface area contributed by atoms with Crippen LogP contribution in [0.1, 0.15) is 83.7 Å². The zero-order valence-corrected chi connectivity index (χ0v) is 34.2. The van der Waals surface area contributed by atoms with Gasteiger partial charge in [0.05, 0.1) is 29.7 Å². The Morgan fingerprint density at radius 2 is 1.47 bits per heavy atom. The Kier molecular flexibility index (Phi) is 12.2. The molecule has 0 bridgehead atoms. The van der Waals surface area contributed by atoms with Gasteiger partial charge in [0, 0.05) is 22.2 Å². The largest absolute Gasteiger partial charge is 0.456 e. The van der Waals surface area contributed by atoms with E-state index in [0.717, 1.165) is 16.7 Å². The second kappa shape index (κ2) is 17.0. The second-order valence-corrected chi connectivity index (χ2v) is 16.8. The zero-order chi connectivity index (χ0) is 41.8. The highest BCUT2D eigenvalue weighted by atomic mass is 16.6. The van der Waals surface area contributed by atoms with E-state index in [0.29, 0.717) is 16.6 Å². The van der Waals surface area contributed by atoms with Crippen molar-refractivity contribution in [1.29, 1.82) is 0 Å². The number of aliphatic hydroxyl groups excluding tert-OH is 1. The summed E-state index contributed by atoms with van der Waals surface area (Å²) in [7, 11) is 0. The summed E-state index contributed by atoms with van der Waals surface area (Å²) in [6, 6.07) is 27.1. The van der Waals surface area contributed by atoms with Gasteiger partial charge in [-0.05, 0) is 74.8 Å². The van der Waals surface area contributed by atoms with Gasteiger partial charge in [0.15, 0.2) is 5.82 Å². The van der Waals surface area contributed by atoms with E-state index in [1.54, 1.807) is 40.8 Å². The van der Waals surface area contributed by atoms with Crippen molar-refractivity contribution in [1.82, 2.24) is 25.2 Å². The fourth-order valence-electron chi connectivity index (χ4n) is 7.90. The van der Waals surface area contributed by atoms with E-state index in [2.05, 4.69) is 35.2 Å². The molecule has 58 heavy (non-hydrogen) atoms. The van der Waals surface area contributed by atoms with Crippen LogP contribution in [0.5, 0.6) is 0 Å². The highest BCUT2D eigenvalue weighted by molar-refractivity contribution is 5.87. The van der Waals surface area contributed by atoms with E-state index >= 15 is 0 Å². The van der Waals surface area contributed by atoms with Crippen molar-refractivity contribution in [3.8, 4) is 0 Å². The number of benzene rings is 3. The van der Waals surface area contributed by atoms with Crippen LogP contribution in [0.2, 0.25) is 0 Å². The number of aromatic nitrogens is 3. The number of carbonyl (C=O) groups is 2. The maximum atomic E-state index is 14.3. The number of hydrogen-bond acceptors (Lipinski definition) is 10. The van der Waals surface area contributed by atoms with Crippen molar-refractivity contribution in [2.24, 2.45) is 11.0 Å². The number of fused-ring (bicyclic) bond motifs is 1. The van der Waals surface area contributed by atoms with Crippen molar-refractivity contribution < 1.29 is 28.9 Å². The van der Waals surface area contributed by atoms with Gasteiger partial charge in [-0.2, -0.15) is 0 Å². The summed E-state index contributed by atoms with van der Waals surface area (Å²) in [6.07, 6.45) is -0.278. The van der Waals surface area contributed by atoms with Crippen LogP contribution in [0.25, 0.3) is 21.5 Å². The Hall–Kier alpha value is -5.79. The number of carbonyl (C=O) groups excluding carboxylic acids is 2. The standard InChI is InChI=1S/C44H52N8O6/c1-27(2)33(49-41(55)58-43(6,7)8)40(54)57-38-36(31-24-46-35-34(31)47-26-48-39(35)50-51-45)52(42(3,4)5)32(37(38)53)25-56-44(28-18-12-9-13-19-28,29-20-14-10-15-21-29)30-22-16-11-17-23-30/h9-24,26-27,32-33,36-38,46,53H,25H2,1-8H3,(H,49,55)/t32-,33+,36+,37-,38+/m1/s1. The molecule has 0 saturated carbocycles. The molecule has 3 aromatic carbocycles. The number of likely N-dealkylation sites (tertiary alicyclic amines) is 1. The van der Waals surface area contributed by atoms with Gasteiger partial charge in [0.1, 0.15) is 35.8 Å². The van der Waals surface area contributed by atoms with Crippen molar-refractivity contribution in [2.75, 3.05) is 6.61 Å². The molecule has 304 valence electrons. The number of azide groups is 1. The van der Waals surface area contributed by atoms with Crippen molar-refractivity contribution in [3.05, 3.63) is 136 Å². The number of alkyl carbamates (subject to hydrolysis) is 1. The second-order valence-electron chi connectivity index (χ2n) is 16.8. The molecule has 1 saturated heterocycles. The summed E-state index contributed by atoms with van der Waals surface area (Å²) in [6.45, 7) is 14.8. The van der Waals surface area contributed by atoms with Gasteiger partial charge in [-0.25, -0.2) is 19.6 Å². The number of amides is 1. The van der Waals surface area contributed by atoms with Gasteiger partial charge >= 0.3 is 12.1 Å². The first-order valence-electron chi connectivity index (χ1n) is 19.4. The summed E-state index contributed by atoms with van der Waals surface area (Å²) < 4.78 is 19.2. The molecule has 0 radical (unpaired) electrons. The first kappa shape index (κ1) is 41.8. The molecule has 6 rings (SSSR count). The van der Waals surface area contributed by atoms with E-state index in [4.69, 9.17) is 14.2 Å². The van der Waals surface area contributed by atoms with Crippen LogP contribution < -0.4 is 5.32 Å². The van der Waals surface area contributed by atoms with Crippen molar-refractivity contribution >= 4 is 28.9 Å². The van der Waals surface area contributed by atoms with Gasteiger partial charge < -0.3 is 29.6 Å². The molecule has 2 aromatic heterocycles. The monoisotopic (exact) mass is 788 g/mol. The maximum absolute atomic E-state index is 14.3. The molecule has 0 spiro atoms. The molecule has 0 aliphatic carbocycles. The topological polar surface area (TPSA) is 188 Å². The highest BCUT2D eigenvalue weighted by Crippen LogP contribution is 2.48. The smallest absolute Gasteiger partial charge is 0.408 e. The molecule has 5 atom stereocenters. The maximum Gasteiger partial charge on any atom is 0.408 e. The average Bonchev–Trinajstić information content (AvgIpc) is 3.73. The molecule has 1 fully saturated rings. The van der Waals surface area contributed by atoms with Crippen molar-refractivity contribution in [3.63, 3.8) is 0 Å². The van der Waals surface area contributed by atoms with E-state index in [-0.39, 0.29) is 12.4 Å². The molecule has 14 nitrogen and oxygen atoms in total. The number of nitrogens with one attached hydrogen (secondary N) is 2. The lowest BCUT2D eigenvalue weighted by atomic mass is 9.80. The van der Waals surface area contributed by atoms with Crippen LogP contribution >= 0.6 is 0 Å². The van der Waals surface area contributed by atoms with E-state index in [1.165, 1.54) is 6.33 Å². The lowest BCUT2D eigenvalue weighted by molar-refractivity contribution is -0.159. The molecule has 14 heteroatoms. The number of hydrogen-bond donors (Lipinski definition) is 3. The molecule has 1 amide bonds. The Morgan fingerprint density at radius 3 is 1.95 bits per heavy atom. The van der Waals surface area contributed by atoms with Gasteiger partial charge in [-0.1, -0.05) is 105 Å². The fourth-order valence-corrected chi connectivity index (χ4v) is 7.90. The van der Waals surface area contributed by atoms with Crippen molar-refractivity contribution in [2.45, 2.75) is 102 Å². The van der Waals surface area contributed by atoms with Gasteiger partial charge in [-0.15, -0.1) is 0 Å². The first-order chi connectivity index (χ1) is 27.6. The Balaban J connectivity index is 1.49. The molecule has 5 aromatic rings. The zero-order valence-electron chi connectivity index (χ0n) is 34.2. The van der Waals surface area contributed by atoms with Crippen LogP contribution in [-0.4, -0.2) is 79.1 Å². The minimum atomic E-state index is -1.31. The van der Waals surface area contributed by atoms with Crippen LogP contribution in [0.15, 0.2) is 109 Å². The molecular formula is C44H52N8O6. The van der Waals surface area contributed by atoms with E-state index < -0.39 is 65.1 Å². The number of aliphatic hydroxyl groups is 1. The number of H-pyrrole nitrogens is 1. The summed E-state index contributed by atoms with van der Waals surface area (Å²) in [5, 5.41) is 19.1. The normalized spacial score (nSPS) is 19.4. The van der Waals surface area contributed by atoms with Crippen LogP contribution in [-0.2, 0) is 24.6 Å². The summed E-state index contributed by atoms with van der Waals surface area (Å²) in [5.41, 5.74) is 10.7. The van der Waals surface area contributed by atoms with E-state index in [1.807, 2.05) is 112 Å². The molecule has 0 unspecified atom stereocenters. The minimum Gasteiger partial charge on any atom is -0.456 e. The minimum absolute atomic E-state index is 0.0211. The molecule has 3 N–H and O–H groups in total. The van der Waals surface area contributed by atoms with Gasteiger partial charge in [0.25, 0.3) is 0 Å². The predicted octanol–water partition coefficient (Wildman–Crippen LogP) is 8.25. The van der Waals surface area contributed by atoms with Gasteiger partial charge in [0.2, 0.25) is 0 Å². The third kappa shape index (κ3) is 8.56. The predicted molar refractivity (Wildman–Crippen MR) is 220 cm³/mol.